The molecular formula is C19H25AsClN3O9S. The summed E-state index contributed by atoms with van der Waals surface area (Å²) >= 11 is 3.84. The molecule has 0 saturated carbocycles. The fraction of sp³-hybridized carbons (Fsp3) is 0.421. The number of hydrogen-bond acceptors (Lipinski definition) is 9. The van der Waals surface area contributed by atoms with Crippen molar-refractivity contribution in [2.24, 2.45) is 5.73 Å². The SMILES string of the molecule is NC(CCC(=O)NC(CSCC(=O)Nc1cc([As](O)O)ccc1Cl)C(=O)CCC(=O)O)C(=O)O. The molecule has 8 N–H and O–H groups in total. The second-order valence-electron chi connectivity index (χ2n) is 6.98. The van der Waals surface area contributed by atoms with Crippen molar-refractivity contribution in [3.05, 3.63) is 23.2 Å². The number of thioether (sulfide) groups is 1. The molecule has 34 heavy (non-hydrogen) atoms. The van der Waals surface area contributed by atoms with Gasteiger partial charge in [-0.15, -0.1) is 0 Å². The Bertz CT molecular complexity index is 919. The van der Waals surface area contributed by atoms with Gasteiger partial charge in [0.15, 0.2) is 0 Å². The van der Waals surface area contributed by atoms with Gasteiger partial charge >= 0.3 is 172 Å². The first-order chi connectivity index (χ1) is 15.9. The number of carbonyl (C=O) groups is 5. The van der Waals surface area contributed by atoms with Crippen molar-refractivity contribution in [1.82, 2.24) is 5.32 Å². The van der Waals surface area contributed by atoms with Crippen molar-refractivity contribution in [2.75, 3.05) is 16.8 Å². The number of carbonyl (C=O) groups excluding carboxylic acids is 3. The number of amides is 2. The van der Waals surface area contributed by atoms with Crippen molar-refractivity contribution < 1.29 is 42.4 Å². The number of benzene rings is 1. The smallest absolute Gasteiger partial charge is 0.481 e. The van der Waals surface area contributed by atoms with E-state index in [0.29, 0.717) is 0 Å². The van der Waals surface area contributed by atoms with E-state index < -0.39 is 63.4 Å². The molecule has 2 amide bonds. The van der Waals surface area contributed by atoms with Crippen LogP contribution in [0.5, 0.6) is 0 Å². The van der Waals surface area contributed by atoms with Crippen LogP contribution in [-0.4, -0.2) is 86.9 Å². The van der Waals surface area contributed by atoms with Crippen LogP contribution in [0.2, 0.25) is 5.02 Å². The van der Waals surface area contributed by atoms with Gasteiger partial charge in [0.2, 0.25) is 0 Å². The standard InChI is InChI=1S/C19H25AsClN3O9S/c21-11-2-1-10(20(32)33)7-13(11)23-17(27)9-34-8-14(15(25)4-6-18(28)29)24-16(26)5-3-12(22)19(30)31/h1-2,7,12,14,32-33H,3-6,8-9,22H2,(H,23,27)(H,24,26)(H,28,29)(H,30,31). The normalized spacial score (nSPS) is 12.6. The van der Waals surface area contributed by atoms with Gasteiger partial charge in [0.05, 0.1) is 0 Å². The van der Waals surface area contributed by atoms with E-state index in [4.69, 9.17) is 27.5 Å². The fourth-order valence-corrected chi connectivity index (χ4v) is 4.48. The molecule has 0 aliphatic heterocycles. The van der Waals surface area contributed by atoms with Crippen LogP contribution in [0, 0.1) is 0 Å². The van der Waals surface area contributed by atoms with Crippen LogP contribution in [0.1, 0.15) is 25.7 Å². The van der Waals surface area contributed by atoms with Crippen LogP contribution in [0.25, 0.3) is 0 Å². The van der Waals surface area contributed by atoms with Crippen molar-refractivity contribution in [1.29, 1.82) is 0 Å². The number of hydrogen-bond donors (Lipinski definition) is 7. The molecule has 2 atom stereocenters. The van der Waals surface area contributed by atoms with Gasteiger partial charge in [0, 0.05) is 0 Å². The third-order valence-corrected chi connectivity index (χ3v) is 7.20. The molecule has 0 bridgehead atoms. The minimum Gasteiger partial charge on any atom is -0.481 e. The molecule has 12 nitrogen and oxygen atoms in total. The summed E-state index contributed by atoms with van der Waals surface area (Å²) in [5, 5.41) is 22.7. The quantitative estimate of drug-likeness (QED) is 0.122. The monoisotopic (exact) mass is 581 g/mol. The first-order valence-electron chi connectivity index (χ1n) is 9.78. The van der Waals surface area contributed by atoms with Gasteiger partial charge < -0.3 is 15.9 Å². The molecule has 1 rings (SSSR count). The van der Waals surface area contributed by atoms with Crippen molar-refractivity contribution >= 4 is 78.3 Å². The van der Waals surface area contributed by atoms with E-state index in [-0.39, 0.29) is 45.8 Å². The summed E-state index contributed by atoms with van der Waals surface area (Å²) in [6.45, 7) is 0. The molecule has 1 aromatic rings. The Labute approximate surface area is 209 Å². The Hall–Kier alpha value is -2.15. The predicted octanol–water partition coefficient (Wildman–Crippen LogP) is -1.20. The molecular weight excluding hydrogens is 557 g/mol. The molecule has 0 heterocycles. The Morgan fingerprint density at radius 1 is 1.06 bits per heavy atom. The summed E-state index contributed by atoms with van der Waals surface area (Å²) in [6.07, 6.45) is -1.18. The van der Waals surface area contributed by atoms with Crippen LogP contribution in [0.15, 0.2) is 18.2 Å². The summed E-state index contributed by atoms with van der Waals surface area (Å²) in [7, 11) is 0. The summed E-state index contributed by atoms with van der Waals surface area (Å²) in [4.78, 5) is 58.3. The minimum absolute atomic E-state index is 0.0427. The van der Waals surface area contributed by atoms with Crippen LogP contribution in [-0.2, 0) is 24.0 Å². The van der Waals surface area contributed by atoms with Crippen molar-refractivity contribution in [2.45, 2.75) is 37.8 Å². The van der Waals surface area contributed by atoms with Gasteiger partial charge in [-0.25, -0.2) is 0 Å². The zero-order valence-electron chi connectivity index (χ0n) is 17.8. The summed E-state index contributed by atoms with van der Waals surface area (Å²) in [5.41, 5.74) is 5.54. The maximum absolute atomic E-state index is 12.4. The van der Waals surface area contributed by atoms with E-state index in [2.05, 4.69) is 10.6 Å². The molecule has 0 aliphatic carbocycles. The van der Waals surface area contributed by atoms with Gasteiger partial charge in [0.1, 0.15) is 6.04 Å². The van der Waals surface area contributed by atoms with Gasteiger partial charge in [-0.05, 0) is 6.42 Å². The third-order valence-electron chi connectivity index (χ3n) is 4.28. The van der Waals surface area contributed by atoms with Crippen LogP contribution < -0.4 is 20.7 Å². The minimum atomic E-state index is -3.16. The first-order valence-corrected chi connectivity index (χ1v) is 13.9. The van der Waals surface area contributed by atoms with Crippen LogP contribution in [0.3, 0.4) is 0 Å². The number of nitrogens with one attached hydrogen (secondary N) is 2. The summed E-state index contributed by atoms with van der Waals surface area (Å²) < 4.78 is 19.0. The number of aliphatic carboxylic acids is 2. The second-order valence-corrected chi connectivity index (χ2v) is 10.7. The van der Waals surface area contributed by atoms with Crippen LogP contribution >= 0.6 is 23.4 Å². The van der Waals surface area contributed by atoms with E-state index >= 15 is 0 Å². The third kappa shape index (κ3) is 11.3. The molecule has 0 radical (unpaired) electrons. The van der Waals surface area contributed by atoms with E-state index in [1.165, 1.54) is 18.2 Å². The Kier molecular flexibility index (Phi) is 13.2. The molecule has 0 spiro atoms. The number of ketones is 1. The van der Waals surface area contributed by atoms with E-state index in [0.717, 1.165) is 11.8 Å². The molecule has 1 aromatic carbocycles. The summed E-state index contributed by atoms with van der Waals surface area (Å²) in [5.74, 6) is -4.34. The van der Waals surface area contributed by atoms with E-state index in [9.17, 15) is 32.2 Å². The van der Waals surface area contributed by atoms with Gasteiger partial charge in [-0.2, -0.15) is 0 Å². The Morgan fingerprint density at radius 2 is 1.74 bits per heavy atom. The molecule has 0 fully saturated rings. The zero-order chi connectivity index (χ0) is 25.8. The second kappa shape index (κ2) is 15.0. The molecule has 0 aliphatic rings. The zero-order valence-corrected chi connectivity index (χ0v) is 21.2. The topological polar surface area (TPSA) is 216 Å². The number of anilines is 1. The molecule has 0 saturated heterocycles. The van der Waals surface area contributed by atoms with Gasteiger partial charge in [0.25, 0.3) is 0 Å². The molecule has 2 unspecified atom stereocenters. The number of carboxylic acid groups (broad SMARTS) is 2. The van der Waals surface area contributed by atoms with Crippen LogP contribution in [0.4, 0.5) is 5.69 Å². The Morgan fingerprint density at radius 3 is 2.32 bits per heavy atom. The molecule has 15 heteroatoms. The number of Topliss-reactive ketones (excluding diaryl/α,β-unsaturated/α-hetero) is 1. The van der Waals surface area contributed by atoms with Crippen molar-refractivity contribution in [3.63, 3.8) is 0 Å². The average Bonchev–Trinajstić information content (AvgIpc) is 2.76. The summed E-state index contributed by atoms with van der Waals surface area (Å²) in [6, 6.07) is 1.87. The van der Waals surface area contributed by atoms with Crippen molar-refractivity contribution in [3.8, 4) is 0 Å². The first kappa shape index (κ1) is 29.9. The van der Waals surface area contributed by atoms with Gasteiger partial charge in [-0.1, -0.05) is 0 Å². The van der Waals surface area contributed by atoms with E-state index in [1.54, 1.807) is 0 Å². The number of halogens is 1. The fourth-order valence-electron chi connectivity index (χ4n) is 2.49. The number of nitrogens with two attached hydrogens (primary N) is 1. The van der Waals surface area contributed by atoms with E-state index in [1.807, 2.05) is 0 Å². The van der Waals surface area contributed by atoms with Gasteiger partial charge in [-0.3, -0.25) is 9.59 Å². The Balaban J connectivity index is 2.69. The number of rotatable bonds is 15. The average molecular weight is 582 g/mol. The molecule has 188 valence electrons. The maximum atomic E-state index is 12.4. The molecule has 0 aromatic heterocycles. The number of carboxylic acids is 2. The predicted molar refractivity (Wildman–Crippen MR) is 126 cm³/mol.